The second kappa shape index (κ2) is 8.85. The lowest BCUT2D eigenvalue weighted by Crippen LogP contribution is -2.30. The van der Waals surface area contributed by atoms with E-state index in [-0.39, 0.29) is 11.7 Å². The van der Waals surface area contributed by atoms with E-state index in [0.29, 0.717) is 22.6 Å². The molecule has 0 spiro atoms. The molecule has 1 N–H and O–H groups in total. The van der Waals surface area contributed by atoms with Gasteiger partial charge in [-0.2, -0.15) is 5.26 Å². The van der Waals surface area contributed by atoms with Crippen LogP contribution in [0.5, 0.6) is 5.75 Å². The third-order valence-corrected chi connectivity index (χ3v) is 4.44. The molecule has 0 bridgehead atoms. The summed E-state index contributed by atoms with van der Waals surface area (Å²) >= 11 is 0. The molecular formula is C24H20N2O3. The molecule has 5 heteroatoms. The monoisotopic (exact) mass is 384 g/mol. The Morgan fingerprint density at radius 1 is 0.897 bits per heavy atom. The molecule has 0 fully saturated rings. The van der Waals surface area contributed by atoms with Crippen LogP contribution in [0.15, 0.2) is 72.8 Å². The number of anilines is 1. The largest absolute Gasteiger partial charge is 0.481 e. The molecule has 5 nitrogen and oxygen atoms in total. The van der Waals surface area contributed by atoms with Crippen molar-refractivity contribution in [3.63, 3.8) is 0 Å². The van der Waals surface area contributed by atoms with Crippen LogP contribution in [0.2, 0.25) is 0 Å². The molecule has 0 aliphatic rings. The van der Waals surface area contributed by atoms with E-state index in [0.717, 1.165) is 11.1 Å². The van der Waals surface area contributed by atoms with Gasteiger partial charge in [0.05, 0.1) is 11.6 Å². The maximum Gasteiger partial charge on any atom is 0.265 e. The van der Waals surface area contributed by atoms with E-state index in [4.69, 9.17) is 10.00 Å². The van der Waals surface area contributed by atoms with Crippen molar-refractivity contribution in [2.24, 2.45) is 0 Å². The van der Waals surface area contributed by atoms with Crippen LogP contribution in [0.3, 0.4) is 0 Å². The highest BCUT2D eigenvalue weighted by atomic mass is 16.5. The molecule has 0 saturated carbocycles. The molecule has 0 heterocycles. The number of amides is 1. The Morgan fingerprint density at radius 2 is 1.45 bits per heavy atom. The van der Waals surface area contributed by atoms with Crippen LogP contribution in [-0.4, -0.2) is 17.8 Å². The lowest BCUT2D eigenvalue weighted by molar-refractivity contribution is -0.122. The number of carbonyl (C=O) groups is 2. The first-order chi connectivity index (χ1) is 14.0. The van der Waals surface area contributed by atoms with Gasteiger partial charge in [-0.05, 0) is 73.5 Å². The van der Waals surface area contributed by atoms with E-state index >= 15 is 0 Å². The number of nitrogens with zero attached hydrogens (tertiary/aromatic N) is 1. The van der Waals surface area contributed by atoms with Crippen LogP contribution in [0.4, 0.5) is 5.69 Å². The van der Waals surface area contributed by atoms with Crippen LogP contribution in [0.25, 0.3) is 11.1 Å². The van der Waals surface area contributed by atoms with Crippen LogP contribution < -0.4 is 10.1 Å². The van der Waals surface area contributed by atoms with Crippen molar-refractivity contribution in [2.45, 2.75) is 20.0 Å². The summed E-state index contributed by atoms with van der Waals surface area (Å²) in [5.41, 5.74) is 3.80. The zero-order chi connectivity index (χ0) is 20.8. The fraction of sp³-hybridized carbons (Fsp3) is 0.125. The van der Waals surface area contributed by atoms with E-state index in [1.54, 1.807) is 55.5 Å². The number of hydrogen-bond donors (Lipinski definition) is 1. The van der Waals surface area contributed by atoms with Gasteiger partial charge >= 0.3 is 0 Å². The molecule has 3 aromatic carbocycles. The molecule has 1 atom stereocenters. The number of carbonyl (C=O) groups excluding carboxylic acids is 2. The second-order valence-corrected chi connectivity index (χ2v) is 6.60. The van der Waals surface area contributed by atoms with Gasteiger partial charge in [0, 0.05) is 11.3 Å². The number of ether oxygens (including phenoxy) is 1. The summed E-state index contributed by atoms with van der Waals surface area (Å²) in [5, 5.41) is 11.7. The molecule has 0 saturated heterocycles. The Bertz CT molecular complexity index is 1050. The Kier molecular flexibility index (Phi) is 6.06. The minimum atomic E-state index is -0.691. The quantitative estimate of drug-likeness (QED) is 0.617. The third kappa shape index (κ3) is 5.08. The maximum absolute atomic E-state index is 12.4. The van der Waals surface area contributed by atoms with Gasteiger partial charge in [-0.3, -0.25) is 9.59 Å². The topological polar surface area (TPSA) is 79.2 Å². The van der Waals surface area contributed by atoms with Crippen LogP contribution in [0, 0.1) is 11.3 Å². The molecule has 1 amide bonds. The number of benzene rings is 3. The van der Waals surface area contributed by atoms with Crippen molar-refractivity contribution < 1.29 is 14.3 Å². The summed E-state index contributed by atoms with van der Waals surface area (Å²) in [5.74, 6) is 0.276. The molecule has 29 heavy (non-hydrogen) atoms. The SMILES string of the molecule is CC(=O)c1ccc(NC(=O)[C@@H](C)Oc2ccc(-c3ccc(C#N)cc3)cc2)cc1. The Balaban J connectivity index is 1.60. The van der Waals surface area contributed by atoms with Gasteiger partial charge in [0.25, 0.3) is 5.91 Å². The van der Waals surface area contributed by atoms with Gasteiger partial charge in [0.1, 0.15) is 5.75 Å². The second-order valence-electron chi connectivity index (χ2n) is 6.60. The van der Waals surface area contributed by atoms with E-state index in [1.165, 1.54) is 6.92 Å². The minimum absolute atomic E-state index is 0.0240. The summed E-state index contributed by atoms with van der Waals surface area (Å²) in [4.78, 5) is 23.7. The summed E-state index contributed by atoms with van der Waals surface area (Å²) < 4.78 is 5.73. The molecular weight excluding hydrogens is 364 g/mol. The van der Waals surface area contributed by atoms with Gasteiger partial charge in [-0.15, -0.1) is 0 Å². The number of Topliss-reactive ketones (excluding diaryl/α,β-unsaturated/α-hetero) is 1. The lowest BCUT2D eigenvalue weighted by atomic mass is 10.0. The van der Waals surface area contributed by atoms with Crippen molar-refractivity contribution in [3.05, 3.63) is 83.9 Å². The molecule has 3 rings (SSSR count). The average molecular weight is 384 g/mol. The number of ketones is 1. The standard InChI is InChI=1S/C24H20N2O3/c1-16(27)19-7-11-22(12-8-19)26-24(28)17(2)29-23-13-9-21(10-14-23)20-5-3-18(15-25)4-6-20/h3-14,17H,1-2H3,(H,26,28)/t17-/m1/s1. The molecule has 0 aliphatic carbocycles. The van der Waals surface area contributed by atoms with Crippen LogP contribution in [-0.2, 0) is 4.79 Å². The van der Waals surface area contributed by atoms with Gasteiger partial charge in [-0.25, -0.2) is 0 Å². The average Bonchev–Trinajstić information content (AvgIpc) is 2.74. The smallest absolute Gasteiger partial charge is 0.265 e. The minimum Gasteiger partial charge on any atom is -0.481 e. The zero-order valence-electron chi connectivity index (χ0n) is 16.2. The van der Waals surface area contributed by atoms with Gasteiger partial charge < -0.3 is 10.1 Å². The number of rotatable bonds is 6. The summed E-state index contributed by atoms with van der Waals surface area (Å²) in [6, 6.07) is 23.6. The van der Waals surface area contributed by atoms with Crippen LogP contribution >= 0.6 is 0 Å². The van der Waals surface area contributed by atoms with Crippen molar-refractivity contribution >= 4 is 17.4 Å². The molecule has 0 radical (unpaired) electrons. The van der Waals surface area contributed by atoms with E-state index in [9.17, 15) is 9.59 Å². The molecule has 0 unspecified atom stereocenters. The molecule has 3 aromatic rings. The number of hydrogen-bond acceptors (Lipinski definition) is 4. The molecule has 0 aliphatic heterocycles. The van der Waals surface area contributed by atoms with Gasteiger partial charge in [-0.1, -0.05) is 24.3 Å². The van der Waals surface area contributed by atoms with E-state index in [2.05, 4.69) is 11.4 Å². The van der Waals surface area contributed by atoms with Crippen molar-refractivity contribution in [1.82, 2.24) is 0 Å². The Hall–Kier alpha value is -3.91. The van der Waals surface area contributed by atoms with Crippen molar-refractivity contribution in [2.75, 3.05) is 5.32 Å². The third-order valence-electron chi connectivity index (χ3n) is 4.44. The highest BCUT2D eigenvalue weighted by Gasteiger charge is 2.15. The van der Waals surface area contributed by atoms with Crippen molar-refractivity contribution in [1.29, 1.82) is 5.26 Å². The Morgan fingerprint density at radius 3 is 1.97 bits per heavy atom. The predicted molar refractivity (Wildman–Crippen MR) is 112 cm³/mol. The first-order valence-corrected chi connectivity index (χ1v) is 9.15. The van der Waals surface area contributed by atoms with Crippen LogP contribution in [0.1, 0.15) is 29.8 Å². The first-order valence-electron chi connectivity index (χ1n) is 9.15. The van der Waals surface area contributed by atoms with E-state index in [1.807, 2.05) is 24.3 Å². The fourth-order valence-electron chi connectivity index (χ4n) is 2.75. The number of nitrogens with one attached hydrogen (secondary N) is 1. The first kappa shape index (κ1) is 19.8. The summed E-state index contributed by atoms with van der Waals surface area (Å²) in [6.45, 7) is 3.17. The van der Waals surface area contributed by atoms with Gasteiger partial charge in [0.2, 0.25) is 0 Å². The van der Waals surface area contributed by atoms with Crippen molar-refractivity contribution in [3.8, 4) is 22.9 Å². The van der Waals surface area contributed by atoms with Gasteiger partial charge in [0.15, 0.2) is 11.9 Å². The zero-order valence-corrected chi connectivity index (χ0v) is 16.2. The molecule has 0 aromatic heterocycles. The maximum atomic E-state index is 12.4. The lowest BCUT2D eigenvalue weighted by Gasteiger charge is -2.15. The highest BCUT2D eigenvalue weighted by Crippen LogP contribution is 2.23. The summed E-state index contributed by atoms with van der Waals surface area (Å²) in [6.07, 6.45) is -0.691. The Labute approximate surface area is 169 Å². The number of nitriles is 1. The molecule has 144 valence electrons. The predicted octanol–water partition coefficient (Wildman–Crippen LogP) is 4.83. The summed E-state index contributed by atoms with van der Waals surface area (Å²) in [7, 11) is 0. The highest BCUT2D eigenvalue weighted by molar-refractivity contribution is 5.96. The fourth-order valence-corrected chi connectivity index (χ4v) is 2.75. The normalized spacial score (nSPS) is 11.2. The van der Waals surface area contributed by atoms with E-state index < -0.39 is 6.10 Å².